The van der Waals surface area contributed by atoms with Crippen LogP contribution in [0.25, 0.3) is 16.6 Å². The number of fused-ring (bicyclic) bond motifs is 1. The van der Waals surface area contributed by atoms with Crippen molar-refractivity contribution < 1.29 is 27.9 Å². The van der Waals surface area contributed by atoms with Crippen LogP contribution in [0.5, 0.6) is 0 Å². The summed E-state index contributed by atoms with van der Waals surface area (Å²) in [5.41, 5.74) is -1.69. The molecule has 1 heterocycles. The Kier molecular flexibility index (Phi) is 6.39. The van der Waals surface area contributed by atoms with Crippen molar-refractivity contribution in [3.8, 4) is 5.69 Å². The molecule has 0 saturated carbocycles. The third-order valence-corrected chi connectivity index (χ3v) is 4.63. The van der Waals surface area contributed by atoms with Crippen molar-refractivity contribution in [2.45, 2.75) is 26.7 Å². The van der Waals surface area contributed by atoms with Crippen molar-refractivity contribution in [3.05, 3.63) is 75.6 Å². The molecule has 0 unspecified atom stereocenters. The summed E-state index contributed by atoms with van der Waals surface area (Å²) in [7, 11) is 0. The van der Waals surface area contributed by atoms with E-state index in [9.17, 15) is 23.6 Å². The highest BCUT2D eigenvalue weighted by molar-refractivity contribution is 5.99. The van der Waals surface area contributed by atoms with E-state index in [1.807, 2.05) is 0 Å². The molecule has 0 aliphatic rings. The molecule has 0 N–H and O–H groups in total. The van der Waals surface area contributed by atoms with Crippen LogP contribution in [0.15, 0.2) is 47.4 Å². The predicted molar refractivity (Wildman–Crippen MR) is 109 cm³/mol. The fraction of sp³-hybridized carbons (Fsp3) is 0.217. The van der Waals surface area contributed by atoms with Crippen molar-refractivity contribution in [2.24, 2.45) is 0 Å². The number of ketones is 2. The number of para-hydroxylation sites is 1. The highest BCUT2D eigenvalue weighted by atomic mass is 19.1. The topological polar surface area (TPSA) is 82.4 Å². The second-order valence-electron chi connectivity index (χ2n) is 6.94. The van der Waals surface area contributed by atoms with Gasteiger partial charge in [-0.15, -0.1) is 0 Å². The van der Waals surface area contributed by atoms with E-state index >= 15 is 4.39 Å². The minimum absolute atomic E-state index is 0.0154. The lowest BCUT2D eigenvalue weighted by Gasteiger charge is -2.16. The number of benzene rings is 2. The maximum absolute atomic E-state index is 15.5. The van der Waals surface area contributed by atoms with Crippen LogP contribution < -0.4 is 5.43 Å². The van der Waals surface area contributed by atoms with Crippen molar-refractivity contribution in [1.29, 1.82) is 0 Å². The van der Waals surface area contributed by atoms with Crippen LogP contribution in [0.2, 0.25) is 0 Å². The Bertz CT molecular complexity index is 1250. The number of carbonyl (C=O) groups excluding carboxylic acids is 3. The normalized spacial score (nSPS) is 10.8. The zero-order valence-electron chi connectivity index (χ0n) is 16.9. The molecular formula is C23H19F2NO5. The number of hydrogen-bond acceptors (Lipinski definition) is 5. The summed E-state index contributed by atoms with van der Waals surface area (Å²) in [4.78, 5) is 48.3. The van der Waals surface area contributed by atoms with Crippen molar-refractivity contribution in [3.63, 3.8) is 0 Å². The number of pyridine rings is 1. The Balaban J connectivity index is 2.34. The second-order valence-corrected chi connectivity index (χ2v) is 6.94. The number of carbonyl (C=O) groups is 3. The Morgan fingerprint density at radius 2 is 1.77 bits per heavy atom. The van der Waals surface area contributed by atoms with Crippen LogP contribution in [0.1, 0.15) is 36.2 Å². The van der Waals surface area contributed by atoms with Crippen molar-refractivity contribution in [1.82, 2.24) is 4.57 Å². The van der Waals surface area contributed by atoms with Gasteiger partial charge in [0.25, 0.3) is 0 Å². The molecule has 0 bridgehead atoms. The third kappa shape index (κ3) is 4.42. The first-order valence-electron chi connectivity index (χ1n) is 9.54. The predicted octanol–water partition coefficient (Wildman–Crippen LogP) is 3.54. The lowest BCUT2D eigenvalue weighted by molar-refractivity contribution is -0.125. The number of esters is 1. The van der Waals surface area contributed by atoms with E-state index < -0.39 is 53.0 Å². The Hall–Kier alpha value is -3.68. The average Bonchev–Trinajstić information content (AvgIpc) is 2.72. The van der Waals surface area contributed by atoms with Gasteiger partial charge in [-0.25, -0.2) is 13.6 Å². The molecule has 3 aromatic rings. The molecule has 31 heavy (non-hydrogen) atoms. The molecule has 0 spiro atoms. The van der Waals surface area contributed by atoms with E-state index in [0.29, 0.717) is 5.69 Å². The monoisotopic (exact) mass is 427 g/mol. The standard InChI is InChI=1S/C23H19F2NO5/c1-3-31-23(30)18-12-26(14-7-5-4-6-8-14)21-17(22(18)29)11-19(24)16(20(21)25)10-15(28)9-13(2)27/h4-8,11-12H,3,9-10H2,1-2H3. The third-order valence-electron chi connectivity index (χ3n) is 4.63. The van der Waals surface area contributed by atoms with E-state index in [1.165, 1.54) is 11.5 Å². The van der Waals surface area contributed by atoms with Crippen LogP contribution in [-0.2, 0) is 20.7 Å². The van der Waals surface area contributed by atoms with Crippen LogP contribution >= 0.6 is 0 Å². The summed E-state index contributed by atoms with van der Waals surface area (Å²) >= 11 is 0. The fourth-order valence-electron chi connectivity index (χ4n) is 3.30. The molecule has 3 rings (SSSR count). The van der Waals surface area contributed by atoms with E-state index in [4.69, 9.17) is 4.74 Å². The van der Waals surface area contributed by atoms with Gasteiger partial charge < -0.3 is 9.30 Å². The second kappa shape index (κ2) is 8.99. The molecular weight excluding hydrogens is 408 g/mol. The molecule has 160 valence electrons. The van der Waals surface area contributed by atoms with Crippen LogP contribution in [0.3, 0.4) is 0 Å². The summed E-state index contributed by atoms with van der Waals surface area (Å²) in [5, 5.41) is -0.368. The number of rotatable bonds is 7. The van der Waals surface area contributed by atoms with Gasteiger partial charge in [0.15, 0.2) is 5.82 Å². The zero-order chi connectivity index (χ0) is 22.7. The Morgan fingerprint density at radius 1 is 1.10 bits per heavy atom. The van der Waals surface area contributed by atoms with Crippen LogP contribution in [0.4, 0.5) is 8.78 Å². The minimum atomic E-state index is -1.11. The first kappa shape index (κ1) is 22.0. The maximum Gasteiger partial charge on any atom is 0.343 e. The number of aromatic nitrogens is 1. The minimum Gasteiger partial charge on any atom is -0.462 e. The largest absolute Gasteiger partial charge is 0.462 e. The Labute approximate surface area is 176 Å². The summed E-state index contributed by atoms with van der Waals surface area (Å²) < 4.78 is 36.4. The molecule has 0 aliphatic heterocycles. The molecule has 0 saturated heterocycles. The smallest absolute Gasteiger partial charge is 0.343 e. The average molecular weight is 427 g/mol. The highest BCUT2D eigenvalue weighted by Crippen LogP contribution is 2.26. The van der Waals surface area contributed by atoms with Crippen molar-refractivity contribution >= 4 is 28.4 Å². The van der Waals surface area contributed by atoms with E-state index in [0.717, 1.165) is 12.3 Å². The fourth-order valence-corrected chi connectivity index (χ4v) is 3.30. The lowest BCUT2D eigenvalue weighted by Crippen LogP contribution is -2.22. The number of nitrogens with zero attached hydrogens (tertiary/aromatic N) is 1. The quantitative estimate of drug-likeness (QED) is 0.426. The molecule has 0 radical (unpaired) electrons. The van der Waals surface area contributed by atoms with Gasteiger partial charge in [0.2, 0.25) is 5.43 Å². The van der Waals surface area contributed by atoms with Gasteiger partial charge in [-0.3, -0.25) is 14.4 Å². The maximum atomic E-state index is 15.5. The lowest BCUT2D eigenvalue weighted by atomic mass is 10.0. The van der Waals surface area contributed by atoms with Gasteiger partial charge in [0.05, 0.1) is 23.9 Å². The molecule has 0 aliphatic carbocycles. The summed E-state index contributed by atoms with van der Waals surface area (Å²) in [6.07, 6.45) is 0.0418. The summed E-state index contributed by atoms with van der Waals surface area (Å²) in [6.45, 7) is 2.79. The van der Waals surface area contributed by atoms with E-state index in [2.05, 4.69) is 0 Å². The van der Waals surface area contributed by atoms with Gasteiger partial charge in [-0.2, -0.15) is 0 Å². The van der Waals surface area contributed by atoms with Crippen LogP contribution in [0, 0.1) is 11.6 Å². The SMILES string of the molecule is CCOC(=O)c1cn(-c2ccccc2)c2c(F)c(CC(=O)CC(C)=O)c(F)cc2c1=O. The first-order chi connectivity index (χ1) is 14.7. The number of halogens is 2. The van der Waals surface area contributed by atoms with Gasteiger partial charge in [-0.1, -0.05) is 18.2 Å². The van der Waals surface area contributed by atoms with Gasteiger partial charge >= 0.3 is 5.97 Å². The molecule has 0 amide bonds. The number of Topliss-reactive ketones (excluding diaryl/α,β-unsaturated/α-hetero) is 2. The molecule has 8 heteroatoms. The number of ether oxygens (including phenoxy) is 1. The van der Waals surface area contributed by atoms with Gasteiger partial charge in [0, 0.05) is 23.9 Å². The molecule has 1 aromatic heterocycles. The summed E-state index contributed by atoms with van der Waals surface area (Å²) in [6, 6.07) is 9.09. The first-order valence-corrected chi connectivity index (χ1v) is 9.54. The van der Waals surface area contributed by atoms with Gasteiger partial charge in [0.1, 0.15) is 22.9 Å². The summed E-state index contributed by atoms with van der Waals surface area (Å²) in [5.74, 6) is -4.21. The molecule has 0 atom stereocenters. The Morgan fingerprint density at radius 3 is 2.39 bits per heavy atom. The van der Waals surface area contributed by atoms with Crippen LogP contribution in [-0.4, -0.2) is 28.7 Å². The zero-order valence-corrected chi connectivity index (χ0v) is 16.9. The molecule has 0 fully saturated rings. The van der Waals surface area contributed by atoms with Gasteiger partial charge in [-0.05, 0) is 32.0 Å². The molecule has 2 aromatic carbocycles. The number of hydrogen-bond donors (Lipinski definition) is 0. The van der Waals surface area contributed by atoms with E-state index in [-0.39, 0.29) is 23.1 Å². The molecule has 6 nitrogen and oxygen atoms in total. The highest BCUT2D eigenvalue weighted by Gasteiger charge is 2.24. The van der Waals surface area contributed by atoms with E-state index in [1.54, 1.807) is 37.3 Å². The van der Waals surface area contributed by atoms with Crippen molar-refractivity contribution in [2.75, 3.05) is 6.61 Å².